The average molecular weight is 466 g/mol. The molecule has 2 heterocycles. The minimum absolute atomic E-state index is 0.169. The molecule has 1 aromatic rings. The van der Waals surface area contributed by atoms with E-state index in [1.165, 1.54) is 0 Å². The number of likely N-dealkylation sites (tertiary alicyclic amines) is 1. The first-order chi connectivity index (χ1) is 15.4. The SMILES string of the molecule is NC(C[C@H](NC(=O)CNS(=O)(=O)C1CCCCC1)C(=O)N1CCCCC1)c1ccncc1. The van der Waals surface area contributed by atoms with Gasteiger partial charge < -0.3 is 16.0 Å². The van der Waals surface area contributed by atoms with Crippen molar-refractivity contribution in [3.05, 3.63) is 30.1 Å². The molecule has 0 radical (unpaired) electrons. The van der Waals surface area contributed by atoms with E-state index >= 15 is 0 Å². The molecule has 0 spiro atoms. The lowest BCUT2D eigenvalue weighted by Gasteiger charge is -2.32. The number of carbonyl (C=O) groups is 2. The molecule has 0 bridgehead atoms. The van der Waals surface area contributed by atoms with Crippen molar-refractivity contribution in [3.63, 3.8) is 0 Å². The Hall–Kier alpha value is -2.04. The third kappa shape index (κ3) is 6.98. The minimum Gasteiger partial charge on any atom is -0.343 e. The van der Waals surface area contributed by atoms with E-state index in [0.29, 0.717) is 25.9 Å². The molecular weight excluding hydrogens is 430 g/mol. The third-order valence-electron chi connectivity index (χ3n) is 6.35. The van der Waals surface area contributed by atoms with Crippen LogP contribution in [-0.4, -0.2) is 61.0 Å². The highest BCUT2D eigenvalue weighted by molar-refractivity contribution is 7.90. The number of carbonyl (C=O) groups excluding carboxylic acids is 2. The fourth-order valence-corrected chi connectivity index (χ4v) is 5.98. The van der Waals surface area contributed by atoms with Crippen LogP contribution in [0.2, 0.25) is 0 Å². The summed E-state index contributed by atoms with van der Waals surface area (Å²) in [4.78, 5) is 31.5. The molecule has 3 rings (SSSR count). The molecular formula is C22H35N5O4S. The van der Waals surface area contributed by atoms with Gasteiger partial charge in [-0.3, -0.25) is 14.6 Å². The van der Waals surface area contributed by atoms with Gasteiger partial charge in [-0.05, 0) is 56.2 Å². The molecule has 1 aliphatic heterocycles. The van der Waals surface area contributed by atoms with Crippen LogP contribution in [0.25, 0.3) is 0 Å². The van der Waals surface area contributed by atoms with Crippen LogP contribution in [0.15, 0.2) is 24.5 Å². The minimum atomic E-state index is -3.56. The Kier molecular flexibility index (Phi) is 9.01. The summed E-state index contributed by atoms with van der Waals surface area (Å²) in [7, 11) is -3.56. The fraction of sp³-hybridized carbons (Fsp3) is 0.682. The van der Waals surface area contributed by atoms with Crippen LogP contribution in [0.4, 0.5) is 0 Å². The lowest BCUT2D eigenvalue weighted by atomic mass is 9.99. The van der Waals surface area contributed by atoms with E-state index < -0.39 is 33.3 Å². The highest BCUT2D eigenvalue weighted by Gasteiger charge is 2.31. The van der Waals surface area contributed by atoms with Crippen LogP contribution in [0.3, 0.4) is 0 Å². The van der Waals surface area contributed by atoms with Gasteiger partial charge in [0, 0.05) is 31.5 Å². The molecule has 1 unspecified atom stereocenters. The number of amides is 2. The second-order valence-corrected chi connectivity index (χ2v) is 10.8. The molecule has 2 aliphatic rings. The van der Waals surface area contributed by atoms with Crippen molar-refractivity contribution >= 4 is 21.8 Å². The van der Waals surface area contributed by atoms with E-state index in [0.717, 1.165) is 44.1 Å². The Balaban J connectivity index is 1.62. The number of hydrogen-bond acceptors (Lipinski definition) is 6. The van der Waals surface area contributed by atoms with Crippen LogP contribution < -0.4 is 15.8 Å². The van der Waals surface area contributed by atoms with Crippen molar-refractivity contribution in [1.82, 2.24) is 19.9 Å². The number of hydrogen-bond donors (Lipinski definition) is 3. The molecule has 9 nitrogen and oxygen atoms in total. The number of nitrogens with one attached hydrogen (secondary N) is 2. The molecule has 0 aromatic carbocycles. The summed E-state index contributed by atoms with van der Waals surface area (Å²) in [5, 5.41) is 2.29. The highest BCUT2D eigenvalue weighted by Crippen LogP contribution is 2.23. The summed E-state index contributed by atoms with van der Waals surface area (Å²) in [5.41, 5.74) is 7.14. The molecule has 1 saturated heterocycles. The van der Waals surface area contributed by atoms with Crippen molar-refractivity contribution in [1.29, 1.82) is 0 Å². The van der Waals surface area contributed by atoms with Gasteiger partial charge >= 0.3 is 0 Å². The third-order valence-corrected chi connectivity index (χ3v) is 8.25. The molecule has 1 saturated carbocycles. The second kappa shape index (κ2) is 11.7. The van der Waals surface area contributed by atoms with Gasteiger partial charge in [0.25, 0.3) is 0 Å². The standard InChI is InChI=1S/C22H35N5O4S/c23-19(17-9-11-24-12-10-17)15-20(22(29)27-13-5-2-6-14-27)26-21(28)16-25-32(30,31)18-7-3-1-4-8-18/h9-12,18-20,25H,1-8,13-16,23H2,(H,26,28)/t19?,20-/m0/s1. The average Bonchev–Trinajstić information content (AvgIpc) is 2.83. The van der Waals surface area contributed by atoms with Gasteiger partial charge in [0.05, 0.1) is 11.8 Å². The maximum absolute atomic E-state index is 13.2. The number of sulfonamides is 1. The maximum Gasteiger partial charge on any atom is 0.245 e. The zero-order valence-electron chi connectivity index (χ0n) is 18.5. The van der Waals surface area contributed by atoms with Crippen LogP contribution in [0, 0.1) is 0 Å². The lowest BCUT2D eigenvalue weighted by Crippen LogP contribution is -2.53. The summed E-state index contributed by atoms with van der Waals surface area (Å²) in [5.74, 6) is -0.695. The Morgan fingerprint density at radius 3 is 2.34 bits per heavy atom. The molecule has 2 amide bonds. The van der Waals surface area contributed by atoms with Gasteiger partial charge in [-0.25, -0.2) is 13.1 Å². The molecule has 1 aliphatic carbocycles. The number of piperidine rings is 1. The monoisotopic (exact) mass is 465 g/mol. The van der Waals surface area contributed by atoms with Crippen LogP contribution in [-0.2, 0) is 19.6 Å². The van der Waals surface area contributed by atoms with E-state index in [4.69, 9.17) is 5.73 Å². The molecule has 2 fully saturated rings. The number of rotatable bonds is 9. The molecule has 4 N–H and O–H groups in total. The van der Waals surface area contributed by atoms with Crippen molar-refractivity contribution in [2.45, 2.75) is 75.1 Å². The van der Waals surface area contributed by atoms with Crippen molar-refractivity contribution in [3.8, 4) is 0 Å². The topological polar surface area (TPSA) is 134 Å². The zero-order chi connectivity index (χ0) is 23.0. The smallest absolute Gasteiger partial charge is 0.245 e. The van der Waals surface area contributed by atoms with Gasteiger partial charge in [0.2, 0.25) is 21.8 Å². The fourth-order valence-electron chi connectivity index (χ4n) is 4.46. The van der Waals surface area contributed by atoms with Crippen molar-refractivity contribution in [2.75, 3.05) is 19.6 Å². The first-order valence-corrected chi connectivity index (χ1v) is 13.1. The van der Waals surface area contributed by atoms with Gasteiger partial charge in [0.15, 0.2) is 0 Å². The predicted octanol–water partition coefficient (Wildman–Crippen LogP) is 1.22. The van der Waals surface area contributed by atoms with Crippen LogP contribution in [0.1, 0.15) is 69.4 Å². The van der Waals surface area contributed by atoms with E-state index in [9.17, 15) is 18.0 Å². The van der Waals surface area contributed by atoms with Crippen molar-refractivity contribution < 1.29 is 18.0 Å². The van der Waals surface area contributed by atoms with Crippen molar-refractivity contribution in [2.24, 2.45) is 5.73 Å². The molecule has 2 atom stereocenters. The van der Waals surface area contributed by atoms with Crippen LogP contribution >= 0.6 is 0 Å². The quantitative estimate of drug-likeness (QED) is 0.502. The summed E-state index contributed by atoms with van der Waals surface area (Å²) < 4.78 is 27.5. The Morgan fingerprint density at radius 1 is 1.06 bits per heavy atom. The summed E-state index contributed by atoms with van der Waals surface area (Å²) in [6, 6.07) is 2.29. The normalized spacial score (nSPS) is 19.8. The lowest BCUT2D eigenvalue weighted by molar-refractivity contribution is -0.137. The largest absolute Gasteiger partial charge is 0.343 e. The van der Waals surface area contributed by atoms with E-state index in [2.05, 4.69) is 15.0 Å². The highest BCUT2D eigenvalue weighted by atomic mass is 32.2. The molecule has 32 heavy (non-hydrogen) atoms. The Labute approximate surface area is 190 Å². The first-order valence-electron chi connectivity index (χ1n) is 11.6. The molecule has 178 valence electrons. The molecule has 1 aromatic heterocycles. The second-order valence-electron chi connectivity index (χ2n) is 8.75. The number of nitrogens with zero attached hydrogens (tertiary/aromatic N) is 2. The van der Waals surface area contributed by atoms with E-state index in [1.807, 2.05) is 0 Å². The number of pyridine rings is 1. The van der Waals surface area contributed by atoms with E-state index in [1.54, 1.807) is 29.4 Å². The van der Waals surface area contributed by atoms with Gasteiger partial charge in [0.1, 0.15) is 6.04 Å². The van der Waals surface area contributed by atoms with Gasteiger partial charge in [-0.1, -0.05) is 19.3 Å². The first kappa shape index (κ1) is 24.6. The van der Waals surface area contributed by atoms with Crippen LogP contribution in [0.5, 0.6) is 0 Å². The summed E-state index contributed by atoms with van der Waals surface area (Å²) in [6.07, 6.45) is 10.5. The Morgan fingerprint density at radius 2 is 1.69 bits per heavy atom. The summed E-state index contributed by atoms with van der Waals surface area (Å²) >= 11 is 0. The Bertz CT molecular complexity index is 852. The maximum atomic E-state index is 13.2. The van der Waals surface area contributed by atoms with Gasteiger partial charge in [-0.2, -0.15) is 0 Å². The van der Waals surface area contributed by atoms with Gasteiger partial charge in [-0.15, -0.1) is 0 Å². The predicted molar refractivity (Wildman–Crippen MR) is 122 cm³/mol. The zero-order valence-corrected chi connectivity index (χ0v) is 19.4. The number of aromatic nitrogens is 1. The van der Waals surface area contributed by atoms with E-state index in [-0.39, 0.29) is 18.9 Å². The summed E-state index contributed by atoms with van der Waals surface area (Å²) in [6.45, 7) is 0.932. The number of nitrogens with two attached hydrogens (primary N) is 1. The molecule has 10 heteroatoms.